The minimum Gasteiger partial charge on any atom is -0.378 e. The molecular formula is C16H28N2O3. The molecule has 21 heavy (non-hydrogen) atoms. The first-order valence-electron chi connectivity index (χ1n) is 8.45. The third-order valence-electron chi connectivity index (χ3n) is 5.08. The van der Waals surface area contributed by atoms with Crippen LogP contribution < -0.4 is 5.32 Å². The summed E-state index contributed by atoms with van der Waals surface area (Å²) < 4.78 is 11.5. The number of likely N-dealkylation sites (tertiary alicyclic amines) is 1. The Morgan fingerprint density at radius 2 is 2.10 bits per heavy atom. The molecule has 1 N–H and O–H groups in total. The topological polar surface area (TPSA) is 50.8 Å². The molecule has 0 radical (unpaired) electrons. The number of hydrogen-bond donors (Lipinski definition) is 1. The number of hydrogen-bond acceptors (Lipinski definition) is 4. The Kier molecular flexibility index (Phi) is 4.82. The van der Waals surface area contributed by atoms with Gasteiger partial charge < -0.3 is 19.7 Å². The van der Waals surface area contributed by atoms with Crippen LogP contribution in [0.15, 0.2) is 0 Å². The van der Waals surface area contributed by atoms with Crippen molar-refractivity contribution in [2.24, 2.45) is 0 Å². The van der Waals surface area contributed by atoms with Crippen LogP contribution in [0.25, 0.3) is 0 Å². The van der Waals surface area contributed by atoms with Crippen molar-refractivity contribution in [1.29, 1.82) is 0 Å². The van der Waals surface area contributed by atoms with Crippen molar-refractivity contribution >= 4 is 5.91 Å². The second kappa shape index (κ2) is 6.63. The summed E-state index contributed by atoms with van der Waals surface area (Å²) in [7, 11) is 0. The molecule has 3 rings (SSSR count). The average molecular weight is 296 g/mol. The number of carbonyl (C=O) groups excluding carboxylic acids is 1. The summed E-state index contributed by atoms with van der Waals surface area (Å²) >= 11 is 0. The smallest absolute Gasteiger partial charge is 0.239 e. The highest BCUT2D eigenvalue weighted by atomic mass is 16.6. The Morgan fingerprint density at radius 1 is 1.29 bits per heavy atom. The predicted octanol–water partition coefficient (Wildman–Crippen LogP) is 1.32. The molecule has 1 amide bonds. The van der Waals surface area contributed by atoms with Gasteiger partial charge in [0, 0.05) is 38.8 Å². The molecule has 3 aliphatic heterocycles. The van der Waals surface area contributed by atoms with Crippen LogP contribution in [0.3, 0.4) is 0 Å². The number of piperidine rings is 1. The van der Waals surface area contributed by atoms with Crippen molar-refractivity contribution in [3.8, 4) is 0 Å². The predicted molar refractivity (Wildman–Crippen MR) is 80.2 cm³/mol. The molecular weight excluding hydrogens is 268 g/mol. The molecule has 0 saturated carbocycles. The highest BCUT2D eigenvalue weighted by Gasteiger charge is 2.41. The zero-order valence-corrected chi connectivity index (χ0v) is 13.1. The monoisotopic (exact) mass is 296 g/mol. The lowest BCUT2D eigenvalue weighted by Crippen LogP contribution is -2.54. The highest BCUT2D eigenvalue weighted by Crippen LogP contribution is 2.33. The van der Waals surface area contributed by atoms with Crippen molar-refractivity contribution in [2.45, 2.75) is 63.1 Å². The third-order valence-corrected chi connectivity index (χ3v) is 5.08. The van der Waals surface area contributed by atoms with Crippen LogP contribution in [0.5, 0.6) is 0 Å². The summed E-state index contributed by atoms with van der Waals surface area (Å²) in [6, 6.07) is 0.273. The van der Waals surface area contributed by atoms with Crippen LogP contribution >= 0.6 is 0 Å². The Hall–Kier alpha value is -0.650. The van der Waals surface area contributed by atoms with Gasteiger partial charge in [0.15, 0.2) is 0 Å². The van der Waals surface area contributed by atoms with E-state index in [0.29, 0.717) is 12.6 Å². The molecule has 3 saturated heterocycles. The van der Waals surface area contributed by atoms with E-state index in [1.54, 1.807) is 0 Å². The van der Waals surface area contributed by atoms with Crippen LogP contribution in [-0.2, 0) is 14.3 Å². The van der Waals surface area contributed by atoms with Crippen LogP contribution in [0.1, 0.15) is 45.4 Å². The Balaban J connectivity index is 1.51. The van der Waals surface area contributed by atoms with Crippen molar-refractivity contribution in [3.05, 3.63) is 0 Å². The molecule has 120 valence electrons. The van der Waals surface area contributed by atoms with Gasteiger partial charge >= 0.3 is 0 Å². The zero-order valence-electron chi connectivity index (χ0n) is 13.1. The molecule has 3 unspecified atom stereocenters. The van der Waals surface area contributed by atoms with E-state index in [0.717, 1.165) is 58.4 Å². The molecule has 3 aliphatic rings. The fraction of sp³-hybridized carbons (Fsp3) is 0.938. The molecule has 0 aromatic carbocycles. The second-order valence-corrected chi connectivity index (χ2v) is 6.80. The minimum atomic E-state index is -0.0934. The number of nitrogens with one attached hydrogen (secondary N) is 1. The van der Waals surface area contributed by atoms with Gasteiger partial charge in [-0.3, -0.25) is 4.79 Å². The standard InChI is InChI=1S/C16H28N2O3/c1-13(15(19)18-7-3-2-4-8-18)17-14-5-9-21-16(11-14)6-10-20-12-16/h13-14,17H,2-12H2,1H3. The highest BCUT2D eigenvalue weighted by molar-refractivity contribution is 5.81. The maximum atomic E-state index is 12.5. The molecule has 0 aromatic heterocycles. The van der Waals surface area contributed by atoms with E-state index in [-0.39, 0.29) is 17.6 Å². The molecule has 0 aliphatic carbocycles. The first kappa shape index (κ1) is 15.3. The van der Waals surface area contributed by atoms with Crippen LogP contribution in [0.4, 0.5) is 0 Å². The molecule has 5 heteroatoms. The largest absolute Gasteiger partial charge is 0.378 e. The van der Waals surface area contributed by atoms with E-state index >= 15 is 0 Å². The fourth-order valence-electron chi connectivity index (χ4n) is 3.85. The minimum absolute atomic E-state index is 0.0921. The lowest BCUT2D eigenvalue weighted by Gasteiger charge is -2.39. The van der Waals surface area contributed by atoms with Gasteiger partial charge in [0.1, 0.15) is 0 Å². The number of rotatable bonds is 3. The Labute approximate surface area is 127 Å². The summed E-state index contributed by atoms with van der Waals surface area (Å²) in [4.78, 5) is 14.5. The lowest BCUT2D eigenvalue weighted by atomic mass is 9.89. The Bertz CT molecular complexity index is 363. The molecule has 3 heterocycles. The van der Waals surface area contributed by atoms with Crippen LogP contribution in [0, 0.1) is 0 Å². The van der Waals surface area contributed by atoms with Gasteiger partial charge in [-0.15, -0.1) is 0 Å². The summed E-state index contributed by atoms with van der Waals surface area (Å²) in [6.07, 6.45) is 6.49. The zero-order chi connectivity index (χ0) is 14.7. The van der Waals surface area contributed by atoms with Gasteiger partial charge in [-0.2, -0.15) is 0 Å². The third kappa shape index (κ3) is 3.58. The fourth-order valence-corrected chi connectivity index (χ4v) is 3.85. The van der Waals surface area contributed by atoms with E-state index in [1.165, 1.54) is 6.42 Å². The van der Waals surface area contributed by atoms with E-state index in [9.17, 15) is 4.79 Å². The molecule has 5 nitrogen and oxygen atoms in total. The van der Waals surface area contributed by atoms with Gasteiger partial charge in [-0.05, 0) is 39.0 Å². The van der Waals surface area contributed by atoms with Gasteiger partial charge in [0.25, 0.3) is 0 Å². The second-order valence-electron chi connectivity index (χ2n) is 6.80. The van der Waals surface area contributed by atoms with Crippen LogP contribution in [-0.4, -0.2) is 61.4 Å². The first-order valence-corrected chi connectivity index (χ1v) is 8.45. The van der Waals surface area contributed by atoms with Crippen molar-refractivity contribution in [2.75, 3.05) is 32.9 Å². The van der Waals surface area contributed by atoms with E-state index < -0.39 is 0 Å². The quantitative estimate of drug-likeness (QED) is 0.853. The summed E-state index contributed by atoms with van der Waals surface area (Å²) in [6.45, 7) is 6.14. The van der Waals surface area contributed by atoms with Crippen molar-refractivity contribution in [3.63, 3.8) is 0 Å². The van der Waals surface area contributed by atoms with Crippen molar-refractivity contribution in [1.82, 2.24) is 10.2 Å². The lowest BCUT2D eigenvalue weighted by molar-refractivity contribution is -0.135. The van der Waals surface area contributed by atoms with E-state index in [4.69, 9.17) is 9.47 Å². The van der Waals surface area contributed by atoms with Gasteiger partial charge in [0.2, 0.25) is 5.91 Å². The number of nitrogens with zero attached hydrogens (tertiary/aromatic N) is 1. The molecule has 1 spiro atoms. The molecule has 3 fully saturated rings. The number of ether oxygens (including phenoxy) is 2. The summed E-state index contributed by atoms with van der Waals surface area (Å²) in [5, 5.41) is 3.54. The first-order chi connectivity index (χ1) is 10.2. The molecule has 0 bridgehead atoms. The van der Waals surface area contributed by atoms with E-state index in [2.05, 4.69) is 5.32 Å². The number of carbonyl (C=O) groups is 1. The molecule has 0 aromatic rings. The van der Waals surface area contributed by atoms with E-state index in [1.807, 2.05) is 11.8 Å². The summed E-state index contributed by atoms with van der Waals surface area (Å²) in [5.74, 6) is 0.262. The average Bonchev–Trinajstić information content (AvgIpc) is 2.95. The summed E-state index contributed by atoms with van der Waals surface area (Å²) in [5.41, 5.74) is -0.0934. The van der Waals surface area contributed by atoms with Gasteiger partial charge in [0.05, 0.1) is 18.2 Å². The molecule has 3 atom stereocenters. The maximum Gasteiger partial charge on any atom is 0.239 e. The Morgan fingerprint density at radius 3 is 2.81 bits per heavy atom. The van der Waals surface area contributed by atoms with Crippen LogP contribution in [0.2, 0.25) is 0 Å². The SMILES string of the molecule is CC(NC1CCOC2(CCOC2)C1)C(=O)N1CCCCC1. The van der Waals surface area contributed by atoms with Gasteiger partial charge in [-0.1, -0.05) is 0 Å². The van der Waals surface area contributed by atoms with Crippen molar-refractivity contribution < 1.29 is 14.3 Å². The normalized spacial score (nSPS) is 35.1. The van der Waals surface area contributed by atoms with Gasteiger partial charge in [-0.25, -0.2) is 0 Å². The maximum absolute atomic E-state index is 12.5. The number of amides is 1.